The molecular formula is C14H11F2NO4S. The van der Waals surface area contributed by atoms with Gasteiger partial charge in [-0.1, -0.05) is 0 Å². The highest BCUT2D eigenvalue weighted by Gasteiger charge is 2.20. The molecule has 0 saturated carbocycles. The quantitative estimate of drug-likeness (QED) is 0.904. The number of nitrogens with one attached hydrogen (secondary N) is 1. The number of anilines is 1. The first kappa shape index (κ1) is 15.9. The number of aromatic carboxylic acids is 1. The van der Waals surface area contributed by atoms with Crippen LogP contribution in [0, 0.1) is 18.6 Å². The van der Waals surface area contributed by atoms with Gasteiger partial charge in [0.15, 0.2) is 0 Å². The molecule has 116 valence electrons. The van der Waals surface area contributed by atoms with Crippen LogP contribution in [0.5, 0.6) is 0 Å². The third-order valence-electron chi connectivity index (χ3n) is 2.91. The molecule has 5 nitrogen and oxygen atoms in total. The summed E-state index contributed by atoms with van der Waals surface area (Å²) in [7, 11) is -4.12. The van der Waals surface area contributed by atoms with Gasteiger partial charge in [0.1, 0.15) is 11.6 Å². The largest absolute Gasteiger partial charge is 0.478 e. The zero-order chi connectivity index (χ0) is 16.5. The minimum absolute atomic E-state index is 0.141. The standard InChI is InChI=1S/C14H11F2NO4S/c1-8-6-9(15)2-5-13(8)17-22(20,21)10-3-4-12(16)11(7-10)14(18)19/h2-7,17H,1H3,(H,18,19). The molecule has 2 rings (SSSR count). The van der Waals surface area contributed by atoms with Crippen LogP contribution in [-0.2, 0) is 10.0 Å². The summed E-state index contributed by atoms with van der Waals surface area (Å²) in [6.45, 7) is 1.51. The normalized spacial score (nSPS) is 11.2. The second-order valence-corrected chi connectivity index (χ2v) is 6.19. The van der Waals surface area contributed by atoms with Crippen LogP contribution in [0.3, 0.4) is 0 Å². The fraction of sp³-hybridized carbons (Fsp3) is 0.0714. The minimum Gasteiger partial charge on any atom is -0.478 e. The van der Waals surface area contributed by atoms with Crippen molar-refractivity contribution in [2.45, 2.75) is 11.8 Å². The topological polar surface area (TPSA) is 83.5 Å². The van der Waals surface area contributed by atoms with Crippen molar-refractivity contribution >= 4 is 21.7 Å². The van der Waals surface area contributed by atoms with Crippen molar-refractivity contribution in [3.8, 4) is 0 Å². The van der Waals surface area contributed by atoms with Crippen molar-refractivity contribution in [2.75, 3.05) is 4.72 Å². The Kier molecular flexibility index (Phi) is 4.14. The van der Waals surface area contributed by atoms with Crippen LogP contribution in [-0.4, -0.2) is 19.5 Å². The first-order valence-corrected chi connectivity index (χ1v) is 7.51. The predicted octanol–water partition coefficient (Wildman–Crippen LogP) is 2.77. The maximum atomic E-state index is 13.3. The van der Waals surface area contributed by atoms with E-state index >= 15 is 0 Å². The Morgan fingerprint density at radius 1 is 1.14 bits per heavy atom. The SMILES string of the molecule is Cc1cc(F)ccc1NS(=O)(=O)c1ccc(F)c(C(=O)O)c1. The van der Waals surface area contributed by atoms with Gasteiger partial charge in [-0.15, -0.1) is 0 Å². The summed E-state index contributed by atoms with van der Waals surface area (Å²) in [4.78, 5) is 10.4. The number of hydrogen-bond acceptors (Lipinski definition) is 3. The third kappa shape index (κ3) is 3.22. The number of carboxylic acids is 1. The van der Waals surface area contributed by atoms with Crippen LogP contribution < -0.4 is 4.72 Å². The average Bonchev–Trinajstić information content (AvgIpc) is 2.42. The van der Waals surface area contributed by atoms with E-state index in [2.05, 4.69) is 4.72 Å². The van der Waals surface area contributed by atoms with Gasteiger partial charge in [0.25, 0.3) is 10.0 Å². The number of rotatable bonds is 4. The molecule has 0 atom stereocenters. The molecule has 2 N–H and O–H groups in total. The summed E-state index contributed by atoms with van der Waals surface area (Å²) in [5, 5.41) is 8.82. The van der Waals surface area contributed by atoms with E-state index in [-0.39, 0.29) is 5.69 Å². The van der Waals surface area contributed by atoms with Crippen molar-refractivity contribution in [1.29, 1.82) is 0 Å². The summed E-state index contributed by atoms with van der Waals surface area (Å²) < 4.78 is 52.9. The van der Waals surface area contributed by atoms with Crippen LogP contribution in [0.25, 0.3) is 0 Å². The van der Waals surface area contributed by atoms with Crippen molar-refractivity contribution < 1.29 is 27.1 Å². The molecule has 2 aromatic carbocycles. The first-order chi connectivity index (χ1) is 10.2. The van der Waals surface area contributed by atoms with Gasteiger partial charge in [0.05, 0.1) is 16.1 Å². The van der Waals surface area contributed by atoms with Crippen molar-refractivity contribution in [3.63, 3.8) is 0 Å². The summed E-state index contributed by atoms with van der Waals surface area (Å²) in [6.07, 6.45) is 0. The average molecular weight is 327 g/mol. The third-order valence-corrected chi connectivity index (χ3v) is 4.27. The molecule has 22 heavy (non-hydrogen) atoms. The summed E-state index contributed by atoms with van der Waals surface area (Å²) in [5.41, 5.74) is -0.259. The Balaban J connectivity index is 2.42. The van der Waals surface area contributed by atoms with Gasteiger partial charge in [-0.3, -0.25) is 4.72 Å². The lowest BCUT2D eigenvalue weighted by atomic mass is 10.2. The molecule has 0 fully saturated rings. The summed E-state index contributed by atoms with van der Waals surface area (Å²) >= 11 is 0. The number of carbonyl (C=O) groups is 1. The number of halogens is 2. The highest BCUT2D eigenvalue weighted by molar-refractivity contribution is 7.92. The second kappa shape index (κ2) is 5.72. The number of hydrogen-bond donors (Lipinski definition) is 2. The molecule has 0 bridgehead atoms. The monoisotopic (exact) mass is 327 g/mol. The van der Waals surface area contributed by atoms with Crippen molar-refractivity contribution in [3.05, 3.63) is 59.2 Å². The van der Waals surface area contributed by atoms with E-state index in [1.54, 1.807) is 0 Å². The van der Waals surface area contributed by atoms with Crippen LogP contribution in [0.15, 0.2) is 41.3 Å². The highest BCUT2D eigenvalue weighted by Crippen LogP contribution is 2.22. The lowest BCUT2D eigenvalue weighted by molar-refractivity contribution is 0.0691. The molecule has 0 saturated heterocycles. The Morgan fingerprint density at radius 3 is 2.41 bits per heavy atom. The minimum atomic E-state index is -4.12. The number of benzene rings is 2. The zero-order valence-electron chi connectivity index (χ0n) is 11.3. The highest BCUT2D eigenvalue weighted by atomic mass is 32.2. The van der Waals surface area contributed by atoms with E-state index in [4.69, 9.17) is 5.11 Å². The molecule has 0 aromatic heterocycles. The first-order valence-electron chi connectivity index (χ1n) is 6.02. The summed E-state index contributed by atoms with van der Waals surface area (Å²) in [5.74, 6) is -3.13. The number of aryl methyl sites for hydroxylation is 1. The molecule has 8 heteroatoms. The van der Waals surface area contributed by atoms with Gasteiger partial charge in [-0.25, -0.2) is 22.0 Å². The Labute approximate surface area is 125 Å². The molecule has 0 heterocycles. The predicted molar refractivity (Wildman–Crippen MR) is 75.3 cm³/mol. The molecule has 0 aliphatic heterocycles. The molecule has 0 aliphatic carbocycles. The maximum absolute atomic E-state index is 13.3. The van der Waals surface area contributed by atoms with Crippen LogP contribution in [0.4, 0.5) is 14.5 Å². The Hall–Kier alpha value is -2.48. The van der Waals surface area contributed by atoms with Gasteiger partial charge in [0, 0.05) is 0 Å². The van der Waals surface area contributed by atoms with Gasteiger partial charge in [-0.2, -0.15) is 0 Å². The van der Waals surface area contributed by atoms with Crippen LogP contribution in [0.1, 0.15) is 15.9 Å². The van der Waals surface area contributed by atoms with Gasteiger partial charge < -0.3 is 5.11 Å². The van der Waals surface area contributed by atoms with Crippen LogP contribution >= 0.6 is 0 Å². The van der Waals surface area contributed by atoms with Crippen molar-refractivity contribution in [2.24, 2.45) is 0 Å². The van der Waals surface area contributed by atoms with E-state index in [0.717, 1.165) is 30.3 Å². The fourth-order valence-corrected chi connectivity index (χ4v) is 2.94. The Morgan fingerprint density at radius 2 is 1.82 bits per heavy atom. The zero-order valence-corrected chi connectivity index (χ0v) is 12.1. The summed E-state index contributed by atoms with van der Waals surface area (Å²) in [6, 6.07) is 5.89. The van der Waals surface area contributed by atoms with Crippen LogP contribution in [0.2, 0.25) is 0 Å². The van der Waals surface area contributed by atoms with Crippen molar-refractivity contribution in [1.82, 2.24) is 0 Å². The molecule has 0 spiro atoms. The maximum Gasteiger partial charge on any atom is 0.338 e. The molecule has 0 unspecified atom stereocenters. The smallest absolute Gasteiger partial charge is 0.338 e. The molecular weight excluding hydrogens is 316 g/mol. The molecule has 0 amide bonds. The molecule has 2 aromatic rings. The van der Waals surface area contributed by atoms with E-state index in [1.165, 1.54) is 13.0 Å². The lowest BCUT2D eigenvalue weighted by Gasteiger charge is -2.11. The lowest BCUT2D eigenvalue weighted by Crippen LogP contribution is -2.15. The van der Waals surface area contributed by atoms with Gasteiger partial charge in [0.2, 0.25) is 0 Å². The second-order valence-electron chi connectivity index (χ2n) is 4.51. The molecule has 0 radical (unpaired) electrons. The van der Waals surface area contributed by atoms with E-state index in [1.807, 2.05) is 0 Å². The van der Waals surface area contributed by atoms with Gasteiger partial charge in [-0.05, 0) is 48.9 Å². The fourth-order valence-electron chi connectivity index (χ4n) is 1.78. The number of sulfonamides is 1. The Bertz CT molecular complexity index is 850. The van der Waals surface area contributed by atoms with E-state index in [9.17, 15) is 22.0 Å². The number of carboxylic acid groups (broad SMARTS) is 1. The van der Waals surface area contributed by atoms with E-state index in [0.29, 0.717) is 5.56 Å². The van der Waals surface area contributed by atoms with E-state index < -0.39 is 38.1 Å². The molecule has 0 aliphatic rings. The van der Waals surface area contributed by atoms with Gasteiger partial charge >= 0.3 is 5.97 Å².